The van der Waals surface area contributed by atoms with Crippen LogP contribution in [0.3, 0.4) is 0 Å². The van der Waals surface area contributed by atoms with E-state index >= 15 is 0 Å². The molecule has 1 aromatic carbocycles. The maximum atomic E-state index is 12.8. The molecule has 2 atom stereocenters. The minimum Gasteiger partial charge on any atom is -0.466 e. The van der Waals surface area contributed by atoms with Crippen molar-refractivity contribution in [2.45, 2.75) is 25.8 Å². The fourth-order valence-electron chi connectivity index (χ4n) is 4.16. The van der Waals surface area contributed by atoms with Crippen LogP contribution < -0.4 is 0 Å². The molecule has 2 aliphatic heterocycles. The molecule has 0 saturated carbocycles. The fourth-order valence-corrected chi connectivity index (χ4v) is 4.16. The Morgan fingerprint density at radius 3 is 2.91 bits per heavy atom. The molecule has 0 aliphatic carbocycles. The first kappa shape index (κ1) is 14.5. The molecule has 2 aromatic rings. The number of hydrogen-bond acceptors (Lipinski definition) is 4. The Kier molecular flexibility index (Phi) is 3.27. The predicted molar refractivity (Wildman–Crippen MR) is 86.4 cm³/mol. The van der Waals surface area contributed by atoms with Gasteiger partial charge in [0.2, 0.25) is 5.91 Å². The van der Waals surface area contributed by atoms with Gasteiger partial charge in [-0.15, -0.1) is 0 Å². The third-order valence-corrected chi connectivity index (χ3v) is 5.10. The Labute approximate surface area is 134 Å². The van der Waals surface area contributed by atoms with Gasteiger partial charge in [0.25, 0.3) is 0 Å². The fraction of sp³-hybridized carbons (Fsp3) is 0.444. The number of fused-ring (bicyclic) bond motifs is 3. The molecular formula is C18H20N2O3. The van der Waals surface area contributed by atoms with Gasteiger partial charge in [-0.1, -0.05) is 18.2 Å². The van der Waals surface area contributed by atoms with Crippen molar-refractivity contribution in [3.8, 4) is 0 Å². The van der Waals surface area contributed by atoms with Crippen molar-refractivity contribution in [2.24, 2.45) is 5.92 Å². The van der Waals surface area contributed by atoms with Gasteiger partial charge >= 0.3 is 5.97 Å². The van der Waals surface area contributed by atoms with Gasteiger partial charge in [0.15, 0.2) is 0 Å². The molecule has 5 nitrogen and oxygen atoms in total. The van der Waals surface area contributed by atoms with Gasteiger partial charge in [-0.3, -0.25) is 19.1 Å². The molecule has 120 valence electrons. The van der Waals surface area contributed by atoms with Gasteiger partial charge in [0.05, 0.1) is 24.1 Å². The summed E-state index contributed by atoms with van der Waals surface area (Å²) in [6.45, 7) is 3.03. The largest absolute Gasteiger partial charge is 0.466 e. The molecule has 0 saturated heterocycles. The number of carbonyl (C=O) groups is 2. The zero-order valence-electron chi connectivity index (χ0n) is 13.4. The summed E-state index contributed by atoms with van der Waals surface area (Å²) in [5.41, 5.74) is 3.17. The molecule has 2 aliphatic rings. The van der Waals surface area contributed by atoms with Crippen LogP contribution in [0.5, 0.6) is 0 Å². The van der Waals surface area contributed by atoms with E-state index in [0.717, 1.165) is 29.6 Å². The van der Waals surface area contributed by atoms with E-state index in [9.17, 15) is 9.59 Å². The number of para-hydroxylation sites is 1. The van der Waals surface area contributed by atoms with Crippen molar-refractivity contribution in [3.05, 3.63) is 35.5 Å². The molecule has 0 fully saturated rings. The number of rotatable bonds is 2. The zero-order chi connectivity index (χ0) is 16.1. The van der Waals surface area contributed by atoms with Crippen LogP contribution in [0.25, 0.3) is 10.9 Å². The Hall–Kier alpha value is -2.14. The predicted octanol–water partition coefficient (Wildman–Crippen LogP) is 2.39. The minimum absolute atomic E-state index is 0.00736. The highest BCUT2D eigenvalue weighted by Crippen LogP contribution is 2.44. The molecule has 5 heteroatoms. The molecule has 0 N–H and O–H groups in total. The van der Waals surface area contributed by atoms with E-state index in [2.05, 4.69) is 11.0 Å². The van der Waals surface area contributed by atoms with Crippen molar-refractivity contribution >= 4 is 22.8 Å². The minimum atomic E-state index is -0.414. The molecule has 0 radical (unpaired) electrons. The maximum Gasteiger partial charge on any atom is 0.311 e. The van der Waals surface area contributed by atoms with Crippen LogP contribution in [-0.4, -0.2) is 41.5 Å². The Morgan fingerprint density at radius 2 is 2.13 bits per heavy atom. The average molecular weight is 312 g/mol. The number of nitrogens with zero attached hydrogens (tertiary/aromatic N) is 2. The zero-order valence-corrected chi connectivity index (χ0v) is 13.4. The van der Waals surface area contributed by atoms with Crippen molar-refractivity contribution in [3.63, 3.8) is 0 Å². The molecule has 0 amide bonds. The summed E-state index contributed by atoms with van der Waals surface area (Å²) in [6, 6.07) is 7.95. The quantitative estimate of drug-likeness (QED) is 0.799. The maximum absolute atomic E-state index is 12.8. The van der Waals surface area contributed by atoms with Gasteiger partial charge < -0.3 is 4.74 Å². The summed E-state index contributed by atoms with van der Waals surface area (Å²) in [6.07, 6.45) is 1.11. The Balaban J connectivity index is 1.95. The van der Waals surface area contributed by atoms with E-state index in [1.165, 1.54) is 5.56 Å². The first-order valence-corrected chi connectivity index (χ1v) is 8.15. The number of likely N-dealkylation sites (N-methyl/N-ethyl adjacent to an activating group) is 1. The van der Waals surface area contributed by atoms with Crippen LogP contribution in [0, 0.1) is 5.92 Å². The SMILES string of the molecule is CCOC(=O)C1CC(=O)n2c3c(c4ccccc42)CCN(C)C31. The number of esters is 1. The van der Waals surface area contributed by atoms with Crippen LogP contribution in [0.15, 0.2) is 24.3 Å². The smallest absolute Gasteiger partial charge is 0.311 e. The normalized spacial score (nSPS) is 23.8. The summed E-state index contributed by atoms with van der Waals surface area (Å²) in [7, 11) is 2.03. The Morgan fingerprint density at radius 1 is 1.35 bits per heavy atom. The lowest BCUT2D eigenvalue weighted by molar-refractivity contribution is -0.151. The summed E-state index contributed by atoms with van der Waals surface area (Å²) >= 11 is 0. The first-order valence-electron chi connectivity index (χ1n) is 8.15. The highest BCUT2D eigenvalue weighted by atomic mass is 16.5. The molecule has 3 heterocycles. The number of carbonyl (C=O) groups excluding carboxylic acids is 2. The summed E-state index contributed by atoms with van der Waals surface area (Å²) < 4.78 is 7.07. The number of aromatic nitrogens is 1. The van der Waals surface area contributed by atoms with E-state index in [1.54, 1.807) is 6.92 Å². The Bertz CT molecular complexity index is 808. The first-order chi connectivity index (χ1) is 11.1. The monoisotopic (exact) mass is 312 g/mol. The standard InChI is InChI=1S/C18H20N2O3/c1-3-23-18(22)13-10-15(21)20-14-7-5-4-6-11(14)12-8-9-19(2)16(13)17(12)20/h4-7,13,16H,3,8-10H2,1-2H3. The molecule has 23 heavy (non-hydrogen) atoms. The van der Waals surface area contributed by atoms with Crippen LogP contribution in [-0.2, 0) is 16.0 Å². The second kappa shape index (κ2) is 5.20. The highest BCUT2D eigenvalue weighted by molar-refractivity contribution is 5.99. The van der Waals surface area contributed by atoms with Gasteiger partial charge in [-0.2, -0.15) is 0 Å². The topological polar surface area (TPSA) is 51.5 Å². The van der Waals surface area contributed by atoms with E-state index < -0.39 is 5.92 Å². The molecule has 2 unspecified atom stereocenters. The molecular weight excluding hydrogens is 292 g/mol. The molecule has 0 bridgehead atoms. The average Bonchev–Trinajstić information content (AvgIpc) is 2.88. The second-order valence-corrected chi connectivity index (χ2v) is 6.35. The molecule has 4 rings (SSSR count). The van der Waals surface area contributed by atoms with Crippen LogP contribution in [0.4, 0.5) is 0 Å². The number of ether oxygens (including phenoxy) is 1. The molecule has 1 aromatic heterocycles. The van der Waals surface area contributed by atoms with Crippen molar-refractivity contribution in [2.75, 3.05) is 20.2 Å². The van der Waals surface area contributed by atoms with Crippen LogP contribution in [0.1, 0.15) is 35.4 Å². The lowest BCUT2D eigenvalue weighted by atomic mass is 9.84. The van der Waals surface area contributed by atoms with E-state index in [1.807, 2.05) is 29.8 Å². The summed E-state index contributed by atoms with van der Waals surface area (Å²) in [4.78, 5) is 27.4. The van der Waals surface area contributed by atoms with Crippen molar-refractivity contribution < 1.29 is 14.3 Å². The summed E-state index contributed by atoms with van der Waals surface area (Å²) in [5, 5.41) is 1.14. The van der Waals surface area contributed by atoms with Gasteiger partial charge in [-0.25, -0.2) is 0 Å². The third-order valence-electron chi connectivity index (χ3n) is 5.10. The van der Waals surface area contributed by atoms with Crippen LogP contribution in [0.2, 0.25) is 0 Å². The lowest BCUT2D eigenvalue weighted by Gasteiger charge is -2.40. The lowest BCUT2D eigenvalue weighted by Crippen LogP contribution is -2.45. The van der Waals surface area contributed by atoms with Gasteiger partial charge in [0.1, 0.15) is 0 Å². The van der Waals surface area contributed by atoms with E-state index in [0.29, 0.717) is 6.61 Å². The van der Waals surface area contributed by atoms with Gasteiger partial charge in [0, 0.05) is 24.0 Å². The number of benzene rings is 1. The van der Waals surface area contributed by atoms with E-state index in [4.69, 9.17) is 4.74 Å². The van der Waals surface area contributed by atoms with Crippen molar-refractivity contribution in [1.29, 1.82) is 0 Å². The highest BCUT2D eigenvalue weighted by Gasteiger charge is 2.45. The molecule has 0 spiro atoms. The number of hydrogen-bond donors (Lipinski definition) is 0. The van der Waals surface area contributed by atoms with Crippen LogP contribution >= 0.6 is 0 Å². The van der Waals surface area contributed by atoms with Crippen molar-refractivity contribution in [1.82, 2.24) is 9.47 Å². The second-order valence-electron chi connectivity index (χ2n) is 6.35. The van der Waals surface area contributed by atoms with E-state index in [-0.39, 0.29) is 24.3 Å². The summed E-state index contributed by atoms with van der Waals surface area (Å²) in [5.74, 6) is -0.683. The third kappa shape index (κ3) is 1.96. The van der Waals surface area contributed by atoms with Gasteiger partial charge in [-0.05, 0) is 32.0 Å².